The van der Waals surface area contributed by atoms with Gasteiger partial charge in [0, 0.05) is 16.8 Å². The van der Waals surface area contributed by atoms with Gasteiger partial charge < -0.3 is 19.5 Å². The normalized spacial score (nSPS) is 10.6. The molecule has 0 fully saturated rings. The van der Waals surface area contributed by atoms with E-state index in [-0.39, 0.29) is 23.6 Å². The van der Waals surface area contributed by atoms with Crippen LogP contribution in [0.15, 0.2) is 72.8 Å². The molecule has 0 saturated heterocycles. The summed E-state index contributed by atoms with van der Waals surface area (Å²) in [5.74, 6) is -1.07. The van der Waals surface area contributed by atoms with Crippen molar-refractivity contribution in [2.75, 3.05) is 26.1 Å². The summed E-state index contributed by atoms with van der Waals surface area (Å²) in [6.07, 6.45) is 0. The number of carbonyl (C=O) groups excluding carboxylic acids is 2. The minimum Gasteiger partial charge on any atom is -0.494 e. The number of ether oxygens (including phenoxy) is 3. The van der Waals surface area contributed by atoms with Crippen LogP contribution in [0.4, 0.5) is 10.1 Å². The minimum absolute atomic E-state index is 0.0514. The van der Waals surface area contributed by atoms with Crippen molar-refractivity contribution in [3.8, 4) is 28.4 Å². The number of hydrogen-bond donors (Lipinski definition) is 1. The third kappa shape index (κ3) is 5.05. The molecule has 0 radical (unpaired) electrons. The summed E-state index contributed by atoms with van der Waals surface area (Å²) in [6.45, 7) is 1.93. The number of para-hydroxylation sites is 2. The number of nitrogens with one attached hydrogen (secondary N) is 1. The summed E-state index contributed by atoms with van der Waals surface area (Å²) in [5.41, 5.74) is 2.60. The van der Waals surface area contributed by atoms with Gasteiger partial charge >= 0.3 is 5.97 Å². The zero-order valence-corrected chi connectivity index (χ0v) is 19.9. The summed E-state index contributed by atoms with van der Waals surface area (Å²) in [6, 6.07) is 19.9. The van der Waals surface area contributed by atoms with Crippen molar-refractivity contribution < 1.29 is 28.2 Å². The average Bonchev–Trinajstić information content (AvgIpc) is 3.34. The zero-order chi connectivity index (χ0) is 25.7. The Morgan fingerprint density at radius 2 is 1.72 bits per heavy atom. The number of benzene rings is 3. The predicted molar refractivity (Wildman–Crippen MR) is 132 cm³/mol. The molecule has 36 heavy (non-hydrogen) atoms. The van der Waals surface area contributed by atoms with Crippen molar-refractivity contribution in [3.05, 3.63) is 89.9 Å². The van der Waals surface area contributed by atoms with Crippen molar-refractivity contribution in [1.29, 1.82) is 0 Å². The first kappa shape index (κ1) is 24.5. The topological polar surface area (TPSA) is 91.7 Å². The quantitative estimate of drug-likeness (QED) is 0.345. The molecule has 1 heterocycles. The van der Waals surface area contributed by atoms with E-state index in [0.29, 0.717) is 28.4 Å². The number of amides is 1. The molecule has 1 amide bonds. The van der Waals surface area contributed by atoms with Crippen LogP contribution in [0, 0.1) is 5.82 Å². The van der Waals surface area contributed by atoms with Crippen LogP contribution in [-0.4, -0.2) is 42.5 Å². The molecule has 0 unspecified atom stereocenters. The molecule has 0 saturated carbocycles. The van der Waals surface area contributed by atoms with E-state index in [9.17, 15) is 14.0 Å². The Balaban J connectivity index is 1.72. The number of methoxy groups -OCH3 is 2. The molecule has 0 aliphatic carbocycles. The Bertz CT molecular complexity index is 1420. The lowest BCUT2D eigenvalue weighted by atomic mass is 10.1. The highest BCUT2D eigenvalue weighted by Gasteiger charge is 2.20. The second-order valence-corrected chi connectivity index (χ2v) is 7.60. The number of hydrogen-bond acceptors (Lipinski definition) is 6. The molecule has 9 heteroatoms. The average molecular weight is 490 g/mol. The fourth-order valence-electron chi connectivity index (χ4n) is 3.65. The number of esters is 1. The van der Waals surface area contributed by atoms with Gasteiger partial charge in [-0.05, 0) is 55.5 Å². The van der Waals surface area contributed by atoms with E-state index in [1.165, 1.54) is 19.2 Å². The second kappa shape index (κ2) is 10.7. The van der Waals surface area contributed by atoms with Crippen LogP contribution >= 0.6 is 0 Å². The van der Waals surface area contributed by atoms with E-state index in [1.54, 1.807) is 49.0 Å². The monoisotopic (exact) mass is 489 g/mol. The van der Waals surface area contributed by atoms with Crippen LogP contribution in [0.1, 0.15) is 27.8 Å². The summed E-state index contributed by atoms with van der Waals surface area (Å²) < 4.78 is 31.2. The Morgan fingerprint density at radius 1 is 0.944 bits per heavy atom. The molecule has 3 aromatic carbocycles. The molecular formula is C27H24FN3O5. The highest BCUT2D eigenvalue weighted by Crippen LogP contribution is 2.31. The molecule has 4 aromatic rings. The molecule has 1 N–H and O–H groups in total. The van der Waals surface area contributed by atoms with E-state index < -0.39 is 17.7 Å². The van der Waals surface area contributed by atoms with Gasteiger partial charge in [0.25, 0.3) is 5.91 Å². The van der Waals surface area contributed by atoms with E-state index >= 15 is 0 Å². The first-order chi connectivity index (χ1) is 17.4. The van der Waals surface area contributed by atoms with Crippen LogP contribution in [0.25, 0.3) is 16.9 Å². The van der Waals surface area contributed by atoms with E-state index in [0.717, 1.165) is 6.07 Å². The van der Waals surface area contributed by atoms with Gasteiger partial charge in [0.2, 0.25) is 0 Å². The molecule has 0 atom stereocenters. The lowest BCUT2D eigenvalue weighted by Gasteiger charge is -2.13. The second-order valence-electron chi connectivity index (χ2n) is 7.60. The van der Waals surface area contributed by atoms with E-state index in [4.69, 9.17) is 14.2 Å². The Morgan fingerprint density at radius 3 is 2.44 bits per heavy atom. The van der Waals surface area contributed by atoms with Gasteiger partial charge in [-0.1, -0.05) is 24.3 Å². The van der Waals surface area contributed by atoms with Gasteiger partial charge in [-0.2, -0.15) is 5.10 Å². The maximum Gasteiger partial charge on any atom is 0.358 e. The van der Waals surface area contributed by atoms with Gasteiger partial charge in [0.05, 0.1) is 26.5 Å². The van der Waals surface area contributed by atoms with Crippen molar-refractivity contribution >= 4 is 17.6 Å². The largest absolute Gasteiger partial charge is 0.494 e. The van der Waals surface area contributed by atoms with Gasteiger partial charge in [0.1, 0.15) is 11.4 Å². The van der Waals surface area contributed by atoms with E-state index in [2.05, 4.69) is 10.4 Å². The van der Waals surface area contributed by atoms with Gasteiger partial charge in [-0.3, -0.25) is 4.79 Å². The first-order valence-electron chi connectivity index (χ1n) is 11.1. The molecular weight excluding hydrogens is 465 g/mol. The van der Waals surface area contributed by atoms with Crippen LogP contribution in [0.3, 0.4) is 0 Å². The SMILES string of the molecule is CCOC(=O)c1cc(-c2cccc(NC(=O)c3ccc(OC)c(F)c3)c2)n(-c2ccccc2OC)n1. The van der Waals surface area contributed by atoms with Gasteiger partial charge in [-0.15, -0.1) is 0 Å². The third-order valence-electron chi connectivity index (χ3n) is 5.34. The summed E-state index contributed by atoms with van der Waals surface area (Å²) in [7, 11) is 2.90. The van der Waals surface area contributed by atoms with Crippen LogP contribution < -0.4 is 14.8 Å². The number of rotatable bonds is 8. The maximum atomic E-state index is 14.1. The Hall–Kier alpha value is -4.66. The molecule has 4 rings (SSSR count). The molecule has 8 nitrogen and oxygen atoms in total. The van der Waals surface area contributed by atoms with Crippen molar-refractivity contribution in [1.82, 2.24) is 9.78 Å². The van der Waals surface area contributed by atoms with Gasteiger partial charge in [0.15, 0.2) is 17.3 Å². The molecule has 0 bridgehead atoms. The molecule has 0 aliphatic heterocycles. The minimum atomic E-state index is -0.633. The van der Waals surface area contributed by atoms with E-state index in [1.807, 2.05) is 24.3 Å². The van der Waals surface area contributed by atoms with Gasteiger partial charge in [-0.25, -0.2) is 13.9 Å². The Kier molecular flexibility index (Phi) is 7.29. The maximum absolute atomic E-state index is 14.1. The Labute approximate surface area is 207 Å². The molecule has 1 aromatic heterocycles. The number of anilines is 1. The number of halogens is 1. The molecule has 0 spiro atoms. The smallest absolute Gasteiger partial charge is 0.358 e. The summed E-state index contributed by atoms with van der Waals surface area (Å²) in [4.78, 5) is 25.2. The standard InChI is InChI=1S/C27H24FN3O5/c1-4-36-27(33)21-16-23(31(30-21)22-10-5-6-11-25(22)35-3)17-8-7-9-19(14-17)29-26(32)18-12-13-24(34-2)20(28)15-18/h5-16H,4H2,1-3H3,(H,29,32). The molecule has 184 valence electrons. The van der Waals surface area contributed by atoms with Crippen molar-refractivity contribution in [2.45, 2.75) is 6.92 Å². The first-order valence-corrected chi connectivity index (χ1v) is 11.1. The summed E-state index contributed by atoms with van der Waals surface area (Å²) in [5, 5.41) is 7.24. The lowest BCUT2D eigenvalue weighted by Crippen LogP contribution is -2.12. The predicted octanol–water partition coefficient (Wildman–Crippen LogP) is 5.12. The number of nitrogens with zero attached hydrogens (tertiary/aromatic N) is 2. The number of carbonyl (C=O) groups is 2. The third-order valence-corrected chi connectivity index (χ3v) is 5.34. The fourth-order valence-corrected chi connectivity index (χ4v) is 3.65. The van der Waals surface area contributed by atoms with Crippen molar-refractivity contribution in [2.24, 2.45) is 0 Å². The van der Waals surface area contributed by atoms with Crippen LogP contribution in [0.5, 0.6) is 11.5 Å². The van der Waals surface area contributed by atoms with Crippen LogP contribution in [-0.2, 0) is 4.74 Å². The summed E-state index contributed by atoms with van der Waals surface area (Å²) >= 11 is 0. The fraction of sp³-hybridized carbons (Fsp3) is 0.148. The zero-order valence-electron chi connectivity index (χ0n) is 19.9. The highest BCUT2D eigenvalue weighted by atomic mass is 19.1. The lowest BCUT2D eigenvalue weighted by molar-refractivity contribution is 0.0518. The number of aromatic nitrogens is 2. The highest BCUT2D eigenvalue weighted by molar-refractivity contribution is 6.04. The van der Waals surface area contributed by atoms with Crippen molar-refractivity contribution in [3.63, 3.8) is 0 Å². The molecule has 0 aliphatic rings. The van der Waals surface area contributed by atoms with Crippen LogP contribution in [0.2, 0.25) is 0 Å².